The minimum atomic E-state index is -1.26. The van der Waals surface area contributed by atoms with E-state index in [-0.39, 0.29) is 11.6 Å². The van der Waals surface area contributed by atoms with E-state index in [0.29, 0.717) is 47.6 Å². The van der Waals surface area contributed by atoms with Gasteiger partial charge in [-0.15, -0.1) is 0 Å². The maximum absolute atomic E-state index is 12.4. The van der Waals surface area contributed by atoms with Crippen molar-refractivity contribution in [2.45, 2.75) is 26.3 Å². The molecule has 32 heavy (non-hydrogen) atoms. The Hall–Kier alpha value is -2.49. The van der Waals surface area contributed by atoms with Crippen LogP contribution in [0.5, 0.6) is 5.75 Å². The van der Waals surface area contributed by atoms with Gasteiger partial charge in [-0.05, 0) is 53.1 Å². The summed E-state index contributed by atoms with van der Waals surface area (Å²) in [5.41, 5.74) is -0.308. The van der Waals surface area contributed by atoms with Crippen molar-refractivity contribution in [2.24, 2.45) is 0 Å². The maximum Gasteiger partial charge on any atom is 0.328 e. The minimum Gasteiger partial charge on any atom is -0.492 e. The van der Waals surface area contributed by atoms with Crippen molar-refractivity contribution >= 4 is 41.2 Å². The second kappa shape index (κ2) is 14.5. The molecule has 1 rings (SSSR count). The number of likely N-dealkylation sites (N-methyl/N-ethyl adjacent to an activating group) is 1. The number of rotatable bonds is 9. The second-order valence-electron chi connectivity index (χ2n) is 7.82. The third kappa shape index (κ3) is 14.5. The van der Waals surface area contributed by atoms with Crippen LogP contribution in [-0.2, 0) is 9.59 Å². The smallest absolute Gasteiger partial charge is 0.328 e. The fraction of sp³-hybridized carbons (Fsp3) is 0.476. The summed E-state index contributed by atoms with van der Waals surface area (Å²) in [4.78, 5) is 35.3. The molecule has 0 atom stereocenters. The van der Waals surface area contributed by atoms with E-state index < -0.39 is 11.9 Å². The van der Waals surface area contributed by atoms with Crippen LogP contribution in [0.15, 0.2) is 30.4 Å². The number of halogens is 2. The van der Waals surface area contributed by atoms with E-state index >= 15 is 0 Å². The van der Waals surface area contributed by atoms with Gasteiger partial charge in [0.2, 0.25) is 0 Å². The molecule has 0 aliphatic carbocycles. The van der Waals surface area contributed by atoms with Gasteiger partial charge in [-0.2, -0.15) is 0 Å². The number of urea groups is 1. The first-order valence-corrected chi connectivity index (χ1v) is 10.4. The summed E-state index contributed by atoms with van der Waals surface area (Å²) in [6.45, 7) is 8.19. The summed E-state index contributed by atoms with van der Waals surface area (Å²) >= 11 is 11.9. The molecule has 0 spiro atoms. The topological polar surface area (TPSA) is 119 Å². The quantitative estimate of drug-likeness (QED) is 0.452. The second-order valence-corrected chi connectivity index (χ2v) is 8.69. The molecular formula is C21H31Cl2N3O6. The van der Waals surface area contributed by atoms with Crippen molar-refractivity contribution in [1.82, 2.24) is 15.1 Å². The molecule has 9 nitrogen and oxygen atoms in total. The first kappa shape index (κ1) is 29.5. The van der Waals surface area contributed by atoms with Crippen molar-refractivity contribution in [1.29, 1.82) is 0 Å². The zero-order valence-electron chi connectivity index (χ0n) is 18.9. The van der Waals surface area contributed by atoms with Crippen LogP contribution in [0.25, 0.3) is 0 Å². The SMILES string of the molecule is CN(C)CCNC(=O)N(CCOc1cc(Cl)cc(Cl)c1)C(C)(C)C.O=C(O)/C=C\C(=O)O. The Morgan fingerprint density at radius 1 is 1.00 bits per heavy atom. The van der Waals surface area contributed by atoms with Crippen LogP contribution < -0.4 is 10.1 Å². The molecule has 0 saturated heterocycles. The van der Waals surface area contributed by atoms with Crippen LogP contribution >= 0.6 is 23.2 Å². The molecule has 1 aromatic rings. The number of hydrogen-bond acceptors (Lipinski definition) is 5. The molecule has 1 aromatic carbocycles. The van der Waals surface area contributed by atoms with Crippen LogP contribution in [0.4, 0.5) is 4.79 Å². The zero-order chi connectivity index (χ0) is 24.9. The molecule has 0 bridgehead atoms. The third-order valence-electron chi connectivity index (χ3n) is 3.68. The molecule has 0 aliphatic rings. The van der Waals surface area contributed by atoms with Gasteiger partial charge >= 0.3 is 18.0 Å². The molecule has 0 saturated carbocycles. The van der Waals surface area contributed by atoms with Crippen molar-refractivity contribution < 1.29 is 29.3 Å². The largest absolute Gasteiger partial charge is 0.492 e. The fourth-order valence-corrected chi connectivity index (χ4v) is 2.74. The number of nitrogens with zero attached hydrogens (tertiary/aromatic N) is 2. The lowest BCUT2D eigenvalue weighted by Gasteiger charge is -2.35. The highest BCUT2D eigenvalue weighted by atomic mass is 35.5. The van der Waals surface area contributed by atoms with Crippen molar-refractivity contribution in [2.75, 3.05) is 40.3 Å². The van der Waals surface area contributed by atoms with Crippen molar-refractivity contribution in [3.05, 3.63) is 40.4 Å². The fourth-order valence-electron chi connectivity index (χ4n) is 2.23. The van der Waals surface area contributed by atoms with Gasteiger partial charge in [0.1, 0.15) is 12.4 Å². The van der Waals surface area contributed by atoms with Gasteiger partial charge in [0.25, 0.3) is 0 Å². The lowest BCUT2D eigenvalue weighted by Crippen LogP contribution is -2.52. The Balaban J connectivity index is 0.00000102. The number of hydrogen-bond donors (Lipinski definition) is 3. The van der Waals surface area contributed by atoms with Gasteiger partial charge in [-0.1, -0.05) is 23.2 Å². The number of carboxylic acids is 2. The van der Waals surface area contributed by atoms with Gasteiger partial charge in [-0.25, -0.2) is 14.4 Å². The molecule has 0 heterocycles. The first-order valence-electron chi connectivity index (χ1n) is 9.65. The van der Waals surface area contributed by atoms with Crippen LogP contribution in [-0.4, -0.2) is 83.9 Å². The molecule has 3 N–H and O–H groups in total. The van der Waals surface area contributed by atoms with E-state index in [1.54, 1.807) is 23.1 Å². The predicted octanol–water partition coefficient (Wildman–Crippen LogP) is 3.46. The number of carbonyl (C=O) groups is 3. The highest BCUT2D eigenvalue weighted by Crippen LogP contribution is 2.24. The Kier molecular flexibility index (Phi) is 13.4. The zero-order valence-corrected chi connectivity index (χ0v) is 20.4. The average Bonchev–Trinajstić information content (AvgIpc) is 2.62. The summed E-state index contributed by atoms with van der Waals surface area (Å²) in [5.74, 6) is -1.92. The monoisotopic (exact) mass is 491 g/mol. The number of nitrogens with one attached hydrogen (secondary N) is 1. The van der Waals surface area contributed by atoms with E-state index in [1.807, 2.05) is 39.8 Å². The standard InChI is InChI=1S/C17H27Cl2N3O2.C4H4O4/c1-17(2,3)22(16(23)20-6-7-21(4)5)8-9-24-15-11-13(18)10-14(19)12-15;5-3(6)1-2-4(7)8/h10-12H,6-9H2,1-5H3,(H,20,23);1-2H,(H,5,6)(H,7,8)/b;2-1-. The summed E-state index contributed by atoms with van der Waals surface area (Å²) < 4.78 is 5.69. The Morgan fingerprint density at radius 3 is 1.91 bits per heavy atom. The molecule has 0 unspecified atom stereocenters. The summed E-state index contributed by atoms with van der Waals surface area (Å²) in [7, 11) is 3.94. The van der Waals surface area contributed by atoms with Crippen molar-refractivity contribution in [3.63, 3.8) is 0 Å². The number of carboxylic acid groups (broad SMARTS) is 2. The van der Waals surface area contributed by atoms with E-state index in [4.69, 9.17) is 38.2 Å². The van der Waals surface area contributed by atoms with Gasteiger partial charge in [0.15, 0.2) is 0 Å². The lowest BCUT2D eigenvalue weighted by molar-refractivity contribution is -0.134. The van der Waals surface area contributed by atoms with E-state index in [2.05, 4.69) is 5.32 Å². The molecule has 0 fully saturated rings. The Labute approximate surface area is 198 Å². The molecule has 180 valence electrons. The number of ether oxygens (including phenoxy) is 1. The van der Waals surface area contributed by atoms with Crippen LogP contribution in [0.3, 0.4) is 0 Å². The molecular weight excluding hydrogens is 461 g/mol. The molecule has 0 aliphatic heterocycles. The van der Waals surface area contributed by atoms with Crippen LogP contribution in [0, 0.1) is 0 Å². The Morgan fingerprint density at radius 2 is 1.50 bits per heavy atom. The van der Waals surface area contributed by atoms with Crippen molar-refractivity contribution in [3.8, 4) is 5.75 Å². The highest BCUT2D eigenvalue weighted by Gasteiger charge is 2.26. The van der Waals surface area contributed by atoms with Crippen LogP contribution in [0.2, 0.25) is 10.0 Å². The number of benzene rings is 1. The normalized spacial score (nSPS) is 11.0. The Bertz CT molecular complexity index is 758. The number of amides is 2. The third-order valence-corrected chi connectivity index (χ3v) is 4.11. The predicted molar refractivity (Wildman–Crippen MR) is 125 cm³/mol. The van der Waals surface area contributed by atoms with Gasteiger partial charge in [0, 0.05) is 40.8 Å². The lowest BCUT2D eigenvalue weighted by atomic mass is 10.1. The summed E-state index contributed by atoms with van der Waals surface area (Å²) in [5, 5.41) is 19.6. The molecule has 2 amide bonds. The first-order chi connectivity index (χ1) is 14.7. The summed E-state index contributed by atoms with van der Waals surface area (Å²) in [6.07, 6.45) is 1.12. The van der Waals surface area contributed by atoms with Crippen LogP contribution in [0.1, 0.15) is 20.8 Å². The van der Waals surface area contributed by atoms with Gasteiger partial charge < -0.3 is 30.1 Å². The number of aliphatic carboxylic acids is 2. The summed E-state index contributed by atoms with van der Waals surface area (Å²) in [6, 6.07) is 4.95. The van der Waals surface area contributed by atoms with E-state index in [9.17, 15) is 14.4 Å². The number of carbonyl (C=O) groups excluding carboxylic acids is 1. The highest BCUT2D eigenvalue weighted by molar-refractivity contribution is 6.34. The average molecular weight is 492 g/mol. The molecule has 11 heteroatoms. The molecule has 0 aromatic heterocycles. The van der Waals surface area contributed by atoms with E-state index in [0.717, 1.165) is 6.54 Å². The van der Waals surface area contributed by atoms with E-state index in [1.165, 1.54) is 0 Å². The van der Waals surface area contributed by atoms with Gasteiger partial charge in [-0.3, -0.25) is 0 Å². The molecule has 0 radical (unpaired) electrons. The van der Waals surface area contributed by atoms with Gasteiger partial charge in [0.05, 0.1) is 6.54 Å². The minimum absolute atomic E-state index is 0.0999. The maximum atomic E-state index is 12.4.